The number of nitrogens with zero attached hydrogens (tertiary/aromatic N) is 6. The van der Waals surface area contributed by atoms with Crippen LogP contribution in [0.1, 0.15) is 43.4 Å². The second-order valence-corrected chi connectivity index (χ2v) is 17.6. The van der Waals surface area contributed by atoms with E-state index in [0.29, 0.717) is 23.8 Å². The summed E-state index contributed by atoms with van der Waals surface area (Å²) in [6, 6.07) is 18.7. The molecule has 0 radical (unpaired) electrons. The van der Waals surface area contributed by atoms with E-state index in [0.717, 1.165) is 23.3 Å². The van der Waals surface area contributed by atoms with Gasteiger partial charge in [0.15, 0.2) is 0 Å². The standard InChI is InChI=1S/C18H17ClN4O4S.C12H11ClN2O5S.C7H6N4O.C6H8N2/c19-15-8-16(22-11-13-4-2-6-27-13)14(7-17(15)28(20,25)26)18(24)23-10-12-3-1-5-21-9-12;13-9-5-10(15-6-7-2-1-3-20-7)8(12(16)17)4-11(9)21(14,18)19;12-7(10-3-1-8-5-10)11-4-2-9-6-11;7-4-6-2-1-3-8-5-6/h1-9,22H,10-11H2,(H,23,24)(H2,20,25,26);1-5,15H,6H2,(H,16,17)(H2,14,18,19);1-6H;1-3,5H,4,7H2. The summed E-state index contributed by atoms with van der Waals surface area (Å²) in [5, 5.41) is 27.7. The summed E-state index contributed by atoms with van der Waals surface area (Å²) >= 11 is 11.9. The SMILES string of the molecule is NCc1cccnc1.NS(=O)(=O)c1cc(C(=O)NCc2cccnc2)c(NCc2ccco2)cc1Cl.NS(=O)(=O)c1cc(C(=O)O)c(NCc2ccco2)cc1Cl.O=C(n1ccnc1)n1ccnc1. The third-order valence-corrected chi connectivity index (χ3v) is 11.6. The lowest BCUT2D eigenvalue weighted by Crippen LogP contribution is -2.25. The van der Waals surface area contributed by atoms with Gasteiger partial charge in [0.2, 0.25) is 20.0 Å². The second-order valence-electron chi connectivity index (χ2n) is 13.7. The molecule has 0 bridgehead atoms. The summed E-state index contributed by atoms with van der Waals surface area (Å²) in [7, 11) is -8.21. The normalized spacial score (nSPS) is 10.8. The number of anilines is 2. The van der Waals surface area contributed by atoms with Crippen LogP contribution < -0.4 is 32.0 Å². The number of hydrogen-bond donors (Lipinski definition) is 7. The summed E-state index contributed by atoms with van der Waals surface area (Å²) < 4.78 is 59.4. The second kappa shape index (κ2) is 24.9. The van der Waals surface area contributed by atoms with Gasteiger partial charge in [-0.3, -0.25) is 23.9 Å². The van der Waals surface area contributed by atoms with Gasteiger partial charge in [-0.15, -0.1) is 0 Å². The number of carboxylic acids is 1. The highest BCUT2D eigenvalue weighted by Gasteiger charge is 2.22. The highest BCUT2D eigenvalue weighted by atomic mass is 35.5. The van der Waals surface area contributed by atoms with Crippen molar-refractivity contribution in [2.75, 3.05) is 10.6 Å². The maximum absolute atomic E-state index is 12.7. The number of imidazole rings is 2. The topological polar surface area (TPSA) is 342 Å². The first kappa shape index (κ1) is 52.3. The predicted octanol–water partition coefficient (Wildman–Crippen LogP) is 5.54. The molecule has 0 aliphatic carbocycles. The van der Waals surface area contributed by atoms with E-state index in [2.05, 4.69) is 35.9 Å². The third kappa shape index (κ3) is 16.0. The lowest BCUT2D eigenvalue weighted by atomic mass is 10.1. The summed E-state index contributed by atoms with van der Waals surface area (Å²) in [5.74, 6) is -0.586. The molecule has 0 fully saturated rings. The molecule has 0 spiro atoms. The number of amides is 1. The van der Waals surface area contributed by atoms with Gasteiger partial charge in [0.1, 0.15) is 34.0 Å². The fourth-order valence-corrected chi connectivity index (χ4v) is 7.77. The number of pyridine rings is 2. The largest absolute Gasteiger partial charge is 0.478 e. The zero-order valence-electron chi connectivity index (χ0n) is 35.8. The number of hydrogen-bond acceptors (Lipinski definition) is 16. The highest BCUT2D eigenvalue weighted by molar-refractivity contribution is 7.89. The zero-order chi connectivity index (χ0) is 50.0. The molecule has 10 N–H and O–H groups in total. The van der Waals surface area contributed by atoms with Crippen molar-refractivity contribution < 1.29 is 45.2 Å². The summed E-state index contributed by atoms with van der Waals surface area (Å²) in [5.41, 5.74) is 7.52. The van der Waals surface area contributed by atoms with Gasteiger partial charge in [0, 0.05) is 68.4 Å². The Morgan fingerprint density at radius 1 is 0.638 bits per heavy atom. The Balaban J connectivity index is 0.000000188. The van der Waals surface area contributed by atoms with E-state index in [4.69, 9.17) is 53.2 Å². The first-order valence-corrected chi connectivity index (χ1v) is 23.5. The molecule has 0 aliphatic rings. The van der Waals surface area contributed by atoms with Crippen LogP contribution in [0.2, 0.25) is 10.0 Å². The Morgan fingerprint density at radius 2 is 1.12 bits per heavy atom. The average Bonchev–Trinajstić information content (AvgIpc) is 4.20. The van der Waals surface area contributed by atoms with E-state index in [1.54, 1.807) is 86.0 Å². The molecule has 360 valence electrons. The van der Waals surface area contributed by atoms with Crippen molar-refractivity contribution in [3.05, 3.63) is 191 Å². The molecule has 69 heavy (non-hydrogen) atoms. The third-order valence-electron chi connectivity index (χ3n) is 8.88. The van der Waals surface area contributed by atoms with Crippen molar-refractivity contribution in [3.8, 4) is 0 Å². The molecule has 0 saturated heterocycles. The molecule has 1 amide bonds. The Bertz CT molecular complexity index is 3090. The molecule has 0 unspecified atom stereocenters. The van der Waals surface area contributed by atoms with Gasteiger partial charge in [-0.25, -0.2) is 46.7 Å². The van der Waals surface area contributed by atoms with Crippen molar-refractivity contribution in [3.63, 3.8) is 0 Å². The molecule has 6 aromatic heterocycles. The van der Waals surface area contributed by atoms with Crippen LogP contribution in [-0.2, 0) is 46.2 Å². The Morgan fingerprint density at radius 3 is 1.49 bits per heavy atom. The first-order valence-electron chi connectivity index (χ1n) is 19.7. The van der Waals surface area contributed by atoms with Gasteiger partial charge in [-0.05, 0) is 71.8 Å². The van der Waals surface area contributed by atoms with Crippen molar-refractivity contribution in [2.24, 2.45) is 16.0 Å². The number of carboxylic acid groups (broad SMARTS) is 1. The summed E-state index contributed by atoms with van der Waals surface area (Å²) in [6.45, 7) is 1.30. The fraction of sp³-hybridized carbons (Fsp3) is 0.0930. The Labute approximate surface area is 404 Å². The zero-order valence-corrected chi connectivity index (χ0v) is 38.9. The molecule has 0 saturated carbocycles. The smallest absolute Gasteiger partial charge is 0.338 e. The lowest BCUT2D eigenvalue weighted by Gasteiger charge is -2.14. The van der Waals surface area contributed by atoms with E-state index in [9.17, 15) is 31.2 Å². The molecular formula is C43H42Cl2N12O10S2. The predicted molar refractivity (Wildman–Crippen MR) is 253 cm³/mol. The maximum Gasteiger partial charge on any atom is 0.338 e. The molecule has 22 nitrogen and oxygen atoms in total. The van der Waals surface area contributed by atoms with Crippen LogP contribution in [0.5, 0.6) is 0 Å². The van der Waals surface area contributed by atoms with Crippen LogP contribution in [0, 0.1) is 0 Å². The molecule has 6 heterocycles. The number of benzene rings is 2. The molecule has 8 rings (SSSR count). The van der Waals surface area contributed by atoms with Crippen LogP contribution >= 0.6 is 23.2 Å². The Hall–Kier alpha value is -7.71. The van der Waals surface area contributed by atoms with Gasteiger partial charge < -0.3 is 35.6 Å². The molecule has 26 heteroatoms. The van der Waals surface area contributed by atoms with Gasteiger partial charge in [0.05, 0.1) is 52.5 Å². The summed E-state index contributed by atoms with van der Waals surface area (Å²) in [4.78, 5) is 50.0. The van der Waals surface area contributed by atoms with E-state index >= 15 is 0 Å². The van der Waals surface area contributed by atoms with Crippen LogP contribution in [0.3, 0.4) is 0 Å². The van der Waals surface area contributed by atoms with Gasteiger partial charge in [-0.1, -0.05) is 35.3 Å². The van der Waals surface area contributed by atoms with Gasteiger partial charge >= 0.3 is 12.0 Å². The van der Waals surface area contributed by atoms with Crippen molar-refractivity contribution in [1.29, 1.82) is 0 Å². The van der Waals surface area contributed by atoms with Crippen LogP contribution in [0.4, 0.5) is 16.2 Å². The molecule has 0 aliphatic heterocycles. The van der Waals surface area contributed by atoms with Gasteiger partial charge in [-0.2, -0.15) is 0 Å². The number of sulfonamides is 2. The van der Waals surface area contributed by atoms with E-state index < -0.39 is 36.8 Å². The maximum atomic E-state index is 12.7. The molecule has 8 aromatic rings. The minimum atomic E-state index is -4.11. The molecule has 2 aromatic carbocycles. The van der Waals surface area contributed by atoms with Gasteiger partial charge in [0.25, 0.3) is 5.91 Å². The van der Waals surface area contributed by atoms with Crippen LogP contribution in [-0.4, -0.2) is 68.9 Å². The number of rotatable bonds is 13. The lowest BCUT2D eigenvalue weighted by molar-refractivity contribution is 0.0697. The number of halogens is 2. The average molecular weight is 1020 g/mol. The number of carbonyl (C=O) groups is 3. The Kier molecular flexibility index (Phi) is 18.8. The minimum Gasteiger partial charge on any atom is -0.478 e. The molecule has 0 atom stereocenters. The number of furan rings is 2. The first-order chi connectivity index (χ1) is 32.9. The molecular weight excluding hydrogens is 980 g/mol. The number of carbonyl (C=O) groups excluding carboxylic acids is 2. The van der Waals surface area contributed by atoms with Crippen LogP contribution in [0.15, 0.2) is 166 Å². The number of aromatic nitrogens is 6. The van der Waals surface area contributed by atoms with Crippen molar-refractivity contribution in [2.45, 2.75) is 36.0 Å². The number of aromatic carboxylic acids is 1. The van der Waals surface area contributed by atoms with E-state index in [1.165, 1.54) is 46.4 Å². The number of nitrogens with one attached hydrogen (secondary N) is 3. The quantitative estimate of drug-likeness (QED) is 0.0745. The highest BCUT2D eigenvalue weighted by Crippen LogP contribution is 2.30. The van der Waals surface area contributed by atoms with E-state index in [-0.39, 0.29) is 57.4 Å². The minimum absolute atomic E-state index is 0.0869. The van der Waals surface area contributed by atoms with Crippen LogP contribution in [0.25, 0.3) is 0 Å². The summed E-state index contributed by atoms with van der Waals surface area (Å²) in [6.07, 6.45) is 18.9. The monoisotopic (exact) mass is 1020 g/mol. The van der Waals surface area contributed by atoms with Crippen molar-refractivity contribution in [1.82, 2.24) is 34.4 Å². The fourth-order valence-electron chi connectivity index (χ4n) is 5.57. The number of primary sulfonamides is 2. The van der Waals surface area contributed by atoms with Crippen molar-refractivity contribution >= 4 is 72.5 Å². The van der Waals surface area contributed by atoms with E-state index in [1.807, 2.05) is 12.1 Å². The number of nitrogens with two attached hydrogens (primary N) is 3.